The molecule has 3 unspecified atom stereocenters. The Bertz CT molecular complexity index is 1170. The highest BCUT2D eigenvalue weighted by molar-refractivity contribution is 6.30. The monoisotopic (exact) mass is 513 g/mol. The van der Waals surface area contributed by atoms with Gasteiger partial charge in [0.2, 0.25) is 0 Å². The number of rotatable bonds is 7. The number of amides is 2. The van der Waals surface area contributed by atoms with E-state index in [2.05, 4.69) is 15.4 Å². The van der Waals surface area contributed by atoms with Crippen molar-refractivity contribution in [3.05, 3.63) is 64.9 Å². The fraction of sp³-hybridized carbons (Fsp3) is 0.364. The van der Waals surface area contributed by atoms with Crippen molar-refractivity contribution < 1.29 is 31.9 Å². The molecule has 35 heavy (non-hydrogen) atoms. The van der Waals surface area contributed by atoms with E-state index < -0.39 is 54.7 Å². The summed E-state index contributed by atoms with van der Waals surface area (Å²) in [5, 5.41) is 6.82. The molecule has 1 fully saturated rings. The van der Waals surface area contributed by atoms with Crippen LogP contribution in [0.4, 0.5) is 23.5 Å². The number of nitrogens with zero attached hydrogens (tertiary/aromatic N) is 4. The molecule has 8 nitrogen and oxygen atoms in total. The van der Waals surface area contributed by atoms with Crippen LogP contribution in [0.5, 0.6) is 0 Å². The van der Waals surface area contributed by atoms with Crippen LogP contribution in [0, 0.1) is 11.8 Å². The van der Waals surface area contributed by atoms with Crippen LogP contribution in [0.15, 0.2) is 54.3 Å². The molecule has 1 aromatic carbocycles. The fourth-order valence-corrected chi connectivity index (χ4v) is 4.28. The average Bonchev–Trinajstić information content (AvgIpc) is 3.38. The summed E-state index contributed by atoms with van der Waals surface area (Å²) in [4.78, 5) is 31.0. The first-order chi connectivity index (χ1) is 16.7. The molecule has 4 rings (SSSR count). The van der Waals surface area contributed by atoms with Gasteiger partial charge in [0.25, 0.3) is 24.2 Å². The molecule has 0 radical (unpaired) electrons. The largest absolute Gasteiger partial charge is 0.497 e. The number of halogens is 5. The van der Waals surface area contributed by atoms with E-state index in [1.807, 2.05) is 0 Å². The molecule has 2 aliphatic rings. The Hall–Kier alpha value is -3.41. The smallest absolute Gasteiger partial charge is 0.257 e. The molecule has 1 N–H and O–H groups in total. The van der Waals surface area contributed by atoms with Crippen molar-refractivity contribution in [1.82, 2.24) is 20.1 Å². The first-order valence-electron chi connectivity index (χ1n) is 10.5. The number of nitrogens with one attached hydrogen (secondary N) is 1. The molecule has 0 bridgehead atoms. The number of aromatic nitrogens is 3. The third-order valence-corrected chi connectivity index (χ3v) is 6.05. The maximum absolute atomic E-state index is 15.1. The molecule has 13 heteroatoms. The number of benzene rings is 1. The number of allylic oxidation sites excluding steroid dienone is 3. The first-order valence-corrected chi connectivity index (χ1v) is 10.9. The second kappa shape index (κ2) is 10.1. The molecular formula is C22H20ClF4N5O3. The predicted octanol–water partition coefficient (Wildman–Crippen LogP) is 3.31. The SMILES string of the molecule is COC1=CC(F)C([C@@H]2CN(c3ncn(CC(F)F)n3)C(=O)C2NC(=O)c2ccc(Cl)cc2)C(F)=C1. The molecule has 0 saturated carbocycles. The molecule has 1 aliphatic heterocycles. The van der Waals surface area contributed by atoms with E-state index in [1.54, 1.807) is 0 Å². The summed E-state index contributed by atoms with van der Waals surface area (Å²) in [6.45, 7) is -1.00. The van der Waals surface area contributed by atoms with Crippen LogP contribution in [-0.4, -0.2) is 58.9 Å². The Kier molecular flexibility index (Phi) is 7.10. The Morgan fingerprint density at radius 1 is 1.31 bits per heavy atom. The van der Waals surface area contributed by atoms with Crippen LogP contribution in [0.2, 0.25) is 5.02 Å². The Morgan fingerprint density at radius 3 is 2.66 bits per heavy atom. The van der Waals surface area contributed by atoms with Crippen LogP contribution in [0.3, 0.4) is 0 Å². The van der Waals surface area contributed by atoms with Gasteiger partial charge in [0.1, 0.15) is 36.7 Å². The first kappa shape index (κ1) is 24.7. The normalized spacial score (nSPS) is 24.4. The maximum atomic E-state index is 15.1. The summed E-state index contributed by atoms with van der Waals surface area (Å²) >= 11 is 5.85. The lowest BCUT2D eigenvalue weighted by Crippen LogP contribution is -2.47. The van der Waals surface area contributed by atoms with Gasteiger partial charge in [0.05, 0.1) is 13.0 Å². The minimum atomic E-state index is -2.70. The van der Waals surface area contributed by atoms with Crippen LogP contribution in [-0.2, 0) is 16.1 Å². The van der Waals surface area contributed by atoms with Crippen LogP contribution < -0.4 is 10.2 Å². The Morgan fingerprint density at radius 2 is 2.03 bits per heavy atom. The predicted molar refractivity (Wildman–Crippen MR) is 117 cm³/mol. The van der Waals surface area contributed by atoms with E-state index >= 15 is 4.39 Å². The molecule has 0 spiro atoms. The van der Waals surface area contributed by atoms with E-state index in [-0.39, 0.29) is 23.8 Å². The molecule has 2 amide bonds. The molecule has 1 saturated heterocycles. The summed E-state index contributed by atoms with van der Waals surface area (Å²) in [7, 11) is 1.26. The number of methoxy groups -OCH3 is 1. The fourth-order valence-electron chi connectivity index (χ4n) is 4.15. The Balaban J connectivity index is 1.65. The van der Waals surface area contributed by atoms with E-state index in [9.17, 15) is 22.8 Å². The summed E-state index contributed by atoms with van der Waals surface area (Å²) in [5.74, 6) is -4.96. The minimum Gasteiger partial charge on any atom is -0.497 e. The van der Waals surface area contributed by atoms with Crippen molar-refractivity contribution in [2.45, 2.75) is 25.2 Å². The van der Waals surface area contributed by atoms with Gasteiger partial charge in [-0.15, -0.1) is 5.10 Å². The Labute approximate surface area is 202 Å². The number of ether oxygens (including phenoxy) is 1. The number of hydrogen-bond acceptors (Lipinski definition) is 5. The van der Waals surface area contributed by atoms with Gasteiger partial charge >= 0.3 is 0 Å². The zero-order valence-corrected chi connectivity index (χ0v) is 19.0. The van der Waals surface area contributed by atoms with Crippen molar-refractivity contribution in [2.24, 2.45) is 11.8 Å². The van der Waals surface area contributed by atoms with Crippen LogP contribution in [0.1, 0.15) is 10.4 Å². The molecule has 2 aromatic rings. The van der Waals surface area contributed by atoms with Gasteiger partial charge < -0.3 is 10.1 Å². The lowest BCUT2D eigenvalue weighted by Gasteiger charge is -2.29. The van der Waals surface area contributed by atoms with E-state index in [0.717, 1.165) is 28.1 Å². The summed E-state index contributed by atoms with van der Waals surface area (Å²) in [5.41, 5.74) is 0.178. The maximum Gasteiger partial charge on any atom is 0.257 e. The van der Waals surface area contributed by atoms with E-state index in [0.29, 0.717) is 5.02 Å². The topological polar surface area (TPSA) is 89.3 Å². The van der Waals surface area contributed by atoms with Crippen molar-refractivity contribution in [1.29, 1.82) is 0 Å². The van der Waals surface area contributed by atoms with E-state index in [1.165, 1.54) is 31.4 Å². The van der Waals surface area contributed by atoms with Gasteiger partial charge in [-0.3, -0.25) is 14.5 Å². The number of carbonyl (C=O) groups is 2. The van der Waals surface area contributed by atoms with Crippen molar-refractivity contribution >= 4 is 29.4 Å². The van der Waals surface area contributed by atoms with Gasteiger partial charge in [-0.25, -0.2) is 27.2 Å². The molecule has 1 aromatic heterocycles. The number of alkyl halides is 3. The number of anilines is 1. The van der Waals surface area contributed by atoms with Crippen molar-refractivity contribution in [3.63, 3.8) is 0 Å². The van der Waals surface area contributed by atoms with E-state index in [4.69, 9.17) is 16.3 Å². The highest BCUT2D eigenvalue weighted by atomic mass is 35.5. The van der Waals surface area contributed by atoms with Crippen LogP contribution >= 0.6 is 11.6 Å². The lowest BCUT2D eigenvalue weighted by molar-refractivity contribution is -0.119. The zero-order valence-electron chi connectivity index (χ0n) is 18.2. The van der Waals surface area contributed by atoms with Gasteiger partial charge in [-0.05, 0) is 30.3 Å². The minimum absolute atomic E-state index is 0.0124. The second-order valence-corrected chi connectivity index (χ2v) is 8.44. The average molecular weight is 514 g/mol. The van der Waals surface area contributed by atoms with Gasteiger partial charge in [0.15, 0.2) is 0 Å². The molecule has 2 heterocycles. The number of carbonyl (C=O) groups excluding carboxylic acids is 2. The molecule has 186 valence electrons. The summed E-state index contributed by atoms with van der Waals surface area (Å²) < 4.78 is 61.2. The third-order valence-electron chi connectivity index (χ3n) is 5.80. The summed E-state index contributed by atoms with van der Waals surface area (Å²) in [6.07, 6.45) is -1.44. The molecule has 1 aliphatic carbocycles. The lowest BCUT2D eigenvalue weighted by atomic mass is 9.81. The third kappa shape index (κ3) is 5.16. The van der Waals surface area contributed by atoms with Gasteiger partial charge in [0, 0.05) is 29.1 Å². The highest BCUT2D eigenvalue weighted by Crippen LogP contribution is 2.39. The molecule has 4 atom stereocenters. The van der Waals surface area contributed by atoms with Crippen molar-refractivity contribution in [3.8, 4) is 0 Å². The summed E-state index contributed by atoms with van der Waals surface area (Å²) in [6, 6.07) is 4.48. The highest BCUT2D eigenvalue weighted by Gasteiger charge is 2.50. The standard InChI is InChI=1S/C22H20ClF4N5O3/c1-35-13-6-15(24)18(16(25)7-13)14-8-32(22-28-10-31(30-22)9-17(26)27)21(34)19(14)29-20(33)11-2-4-12(23)5-3-11/h2-7,10,14-15,17-19H,8-9H2,1H3,(H,29,33)/t14-,15?,18?,19?/m0/s1. The zero-order chi connectivity index (χ0) is 25.3. The second-order valence-electron chi connectivity index (χ2n) is 8.00. The van der Waals surface area contributed by atoms with Gasteiger partial charge in [-0.1, -0.05) is 11.6 Å². The molecular weight excluding hydrogens is 494 g/mol. The van der Waals surface area contributed by atoms with Gasteiger partial charge in [-0.2, -0.15) is 0 Å². The van der Waals surface area contributed by atoms with Crippen LogP contribution in [0.25, 0.3) is 0 Å². The van der Waals surface area contributed by atoms with Crippen molar-refractivity contribution in [2.75, 3.05) is 18.6 Å². The number of hydrogen-bond donors (Lipinski definition) is 1. The quantitative estimate of drug-likeness (QED) is 0.574.